The number of hydrogen-bond donors (Lipinski definition) is 1. The summed E-state index contributed by atoms with van der Waals surface area (Å²) in [6.07, 6.45) is 0.698. The van der Waals surface area contributed by atoms with Crippen LogP contribution in [0.3, 0.4) is 0 Å². The van der Waals surface area contributed by atoms with E-state index in [1.165, 1.54) is 0 Å². The van der Waals surface area contributed by atoms with Crippen LogP contribution in [0.5, 0.6) is 0 Å². The van der Waals surface area contributed by atoms with E-state index in [1.807, 2.05) is 31.2 Å². The number of carbonyl (C=O) groups excluding carboxylic acids is 1. The number of nitrogens with zero attached hydrogens (tertiary/aromatic N) is 3. The van der Waals surface area contributed by atoms with E-state index < -0.39 is 0 Å². The Balaban J connectivity index is 2.17. The molecule has 0 saturated carbocycles. The first-order chi connectivity index (χ1) is 11.6. The summed E-state index contributed by atoms with van der Waals surface area (Å²) in [6, 6.07) is 7.83. The number of benzene rings is 1. The average molecular weight is 367 g/mol. The van der Waals surface area contributed by atoms with E-state index in [0.717, 1.165) is 40.9 Å². The second kappa shape index (κ2) is 9.11. The first-order valence-electron chi connectivity index (χ1n) is 8.20. The molecular weight excluding hydrogens is 344 g/mol. The van der Waals surface area contributed by atoms with Gasteiger partial charge in [0.15, 0.2) is 0 Å². The highest BCUT2D eigenvalue weighted by Crippen LogP contribution is 2.27. The van der Waals surface area contributed by atoms with Gasteiger partial charge in [0, 0.05) is 11.6 Å². The molecule has 0 fully saturated rings. The summed E-state index contributed by atoms with van der Waals surface area (Å²) in [6.45, 7) is 8.44. The maximum Gasteiger partial charge on any atom is 0.265 e. The van der Waals surface area contributed by atoms with Crippen LogP contribution in [-0.4, -0.2) is 40.0 Å². The van der Waals surface area contributed by atoms with Crippen molar-refractivity contribution in [1.29, 1.82) is 0 Å². The number of carbonyl (C=O) groups is 1. The van der Waals surface area contributed by atoms with Gasteiger partial charge < -0.3 is 5.32 Å². The highest BCUT2D eigenvalue weighted by Gasteiger charge is 2.22. The maximum atomic E-state index is 12.5. The Bertz CT molecular complexity index is 672. The summed E-state index contributed by atoms with van der Waals surface area (Å²) in [7, 11) is 0. The first kappa shape index (κ1) is 18.8. The fourth-order valence-electron chi connectivity index (χ4n) is 2.73. The molecule has 0 spiro atoms. The molecule has 0 radical (unpaired) electrons. The highest BCUT2D eigenvalue weighted by molar-refractivity contribution is 7.08. The monoisotopic (exact) mass is 366 g/mol. The number of likely N-dealkylation sites (N-methyl/N-ethyl adjacent to an activating group) is 1. The zero-order valence-electron chi connectivity index (χ0n) is 14.3. The van der Waals surface area contributed by atoms with Gasteiger partial charge in [0.2, 0.25) is 0 Å². The Kier molecular flexibility index (Phi) is 7.15. The van der Waals surface area contributed by atoms with Gasteiger partial charge in [-0.15, -0.1) is 5.10 Å². The molecule has 0 saturated heterocycles. The molecule has 2 rings (SSSR count). The lowest BCUT2D eigenvalue weighted by atomic mass is 10.0. The zero-order chi connectivity index (χ0) is 17.5. The number of aryl methyl sites for hydroxylation is 1. The number of halogens is 1. The maximum absolute atomic E-state index is 12.5. The molecule has 0 bridgehead atoms. The second-order valence-electron chi connectivity index (χ2n) is 5.37. The molecule has 2 aromatic rings. The minimum atomic E-state index is -0.119. The number of hydrogen-bond acceptors (Lipinski definition) is 5. The molecule has 24 heavy (non-hydrogen) atoms. The number of amides is 1. The minimum Gasteiger partial charge on any atom is -0.349 e. The Morgan fingerprint density at radius 1 is 1.29 bits per heavy atom. The van der Waals surface area contributed by atoms with E-state index in [4.69, 9.17) is 11.6 Å². The largest absolute Gasteiger partial charge is 0.349 e. The Labute approximate surface area is 152 Å². The average Bonchev–Trinajstić information content (AvgIpc) is 3.08. The molecular formula is C17H23ClN4OS. The molecule has 1 aromatic carbocycles. The molecule has 130 valence electrons. The predicted octanol–water partition coefficient (Wildman–Crippen LogP) is 3.57. The van der Waals surface area contributed by atoms with Gasteiger partial charge in [0.05, 0.1) is 11.7 Å². The molecule has 1 atom stereocenters. The topological polar surface area (TPSA) is 58.1 Å². The van der Waals surface area contributed by atoms with Crippen LogP contribution in [0.4, 0.5) is 0 Å². The van der Waals surface area contributed by atoms with Crippen LogP contribution < -0.4 is 5.32 Å². The van der Waals surface area contributed by atoms with Crippen LogP contribution in [0.15, 0.2) is 24.3 Å². The number of rotatable bonds is 8. The van der Waals surface area contributed by atoms with Crippen molar-refractivity contribution in [2.24, 2.45) is 0 Å². The van der Waals surface area contributed by atoms with Crippen LogP contribution in [-0.2, 0) is 6.42 Å². The van der Waals surface area contributed by atoms with Gasteiger partial charge in [-0.3, -0.25) is 9.69 Å². The molecule has 0 aliphatic rings. The van der Waals surface area contributed by atoms with Crippen LogP contribution in [0, 0.1) is 0 Å². The summed E-state index contributed by atoms with van der Waals surface area (Å²) in [5.74, 6) is -0.119. The SMILES string of the molecule is CCc1nnsc1C(=O)NCC(c1ccccc1Cl)N(CC)CC. The van der Waals surface area contributed by atoms with Gasteiger partial charge in [0.1, 0.15) is 4.88 Å². The van der Waals surface area contributed by atoms with Gasteiger partial charge >= 0.3 is 0 Å². The highest BCUT2D eigenvalue weighted by atomic mass is 35.5. The first-order valence-corrected chi connectivity index (χ1v) is 9.35. The van der Waals surface area contributed by atoms with Gasteiger partial charge in [-0.1, -0.05) is 55.1 Å². The molecule has 0 aliphatic carbocycles. The van der Waals surface area contributed by atoms with E-state index >= 15 is 0 Å². The van der Waals surface area contributed by atoms with Crippen LogP contribution in [0.1, 0.15) is 47.7 Å². The molecule has 1 unspecified atom stereocenters. The predicted molar refractivity (Wildman–Crippen MR) is 98.7 cm³/mol. The van der Waals surface area contributed by atoms with Gasteiger partial charge in [-0.2, -0.15) is 0 Å². The van der Waals surface area contributed by atoms with Crippen molar-refractivity contribution >= 4 is 29.0 Å². The standard InChI is InChI=1S/C17H23ClN4OS/c1-4-14-16(24-21-20-14)17(23)19-11-15(22(5-2)6-3)12-9-7-8-10-13(12)18/h7-10,15H,4-6,11H2,1-3H3,(H,19,23). The molecule has 7 heteroatoms. The van der Waals surface area contributed by atoms with E-state index in [1.54, 1.807) is 0 Å². The van der Waals surface area contributed by atoms with Crippen LogP contribution in [0.25, 0.3) is 0 Å². The van der Waals surface area contributed by atoms with Gasteiger partial charge in [0.25, 0.3) is 5.91 Å². The zero-order valence-corrected chi connectivity index (χ0v) is 15.8. The third kappa shape index (κ3) is 4.32. The molecule has 1 heterocycles. The second-order valence-corrected chi connectivity index (χ2v) is 6.53. The molecule has 0 aliphatic heterocycles. The lowest BCUT2D eigenvalue weighted by molar-refractivity contribution is 0.0938. The van der Waals surface area contributed by atoms with Gasteiger partial charge in [-0.25, -0.2) is 0 Å². The normalized spacial score (nSPS) is 12.4. The van der Waals surface area contributed by atoms with Crippen molar-refractivity contribution in [3.05, 3.63) is 45.4 Å². The summed E-state index contributed by atoms with van der Waals surface area (Å²) >= 11 is 7.52. The Morgan fingerprint density at radius 3 is 2.62 bits per heavy atom. The quantitative estimate of drug-likeness (QED) is 0.775. The van der Waals surface area contributed by atoms with Crippen molar-refractivity contribution in [3.63, 3.8) is 0 Å². The lowest BCUT2D eigenvalue weighted by Crippen LogP contribution is -2.38. The van der Waals surface area contributed by atoms with Crippen molar-refractivity contribution in [3.8, 4) is 0 Å². The molecule has 1 amide bonds. The third-order valence-electron chi connectivity index (χ3n) is 4.07. The van der Waals surface area contributed by atoms with E-state index in [0.29, 0.717) is 17.8 Å². The van der Waals surface area contributed by atoms with Crippen molar-refractivity contribution in [2.45, 2.75) is 33.2 Å². The summed E-state index contributed by atoms with van der Waals surface area (Å²) in [4.78, 5) is 15.4. The van der Waals surface area contributed by atoms with Crippen molar-refractivity contribution in [1.82, 2.24) is 19.8 Å². The van der Waals surface area contributed by atoms with Crippen molar-refractivity contribution in [2.75, 3.05) is 19.6 Å². The van der Waals surface area contributed by atoms with E-state index in [9.17, 15) is 4.79 Å². The minimum absolute atomic E-state index is 0.0311. The number of aromatic nitrogens is 2. The van der Waals surface area contributed by atoms with Crippen LogP contribution in [0.2, 0.25) is 5.02 Å². The van der Waals surface area contributed by atoms with Crippen LogP contribution >= 0.6 is 23.1 Å². The third-order valence-corrected chi connectivity index (χ3v) is 5.18. The molecule has 1 aromatic heterocycles. The van der Waals surface area contributed by atoms with Gasteiger partial charge in [-0.05, 0) is 42.7 Å². The summed E-state index contributed by atoms with van der Waals surface area (Å²) < 4.78 is 3.88. The summed E-state index contributed by atoms with van der Waals surface area (Å²) in [5.41, 5.74) is 1.77. The van der Waals surface area contributed by atoms with Crippen molar-refractivity contribution < 1.29 is 4.79 Å². The Morgan fingerprint density at radius 2 is 2.00 bits per heavy atom. The molecule has 1 N–H and O–H groups in total. The number of nitrogens with one attached hydrogen (secondary N) is 1. The smallest absolute Gasteiger partial charge is 0.265 e. The molecule has 5 nitrogen and oxygen atoms in total. The fraction of sp³-hybridized carbons (Fsp3) is 0.471. The Hall–Kier alpha value is -1.50. The fourth-order valence-corrected chi connectivity index (χ4v) is 3.66. The van der Waals surface area contributed by atoms with E-state index in [-0.39, 0.29) is 11.9 Å². The summed E-state index contributed by atoms with van der Waals surface area (Å²) in [5, 5.41) is 7.74. The van der Waals surface area contributed by atoms with E-state index in [2.05, 4.69) is 33.7 Å². The lowest BCUT2D eigenvalue weighted by Gasteiger charge is -2.30.